The molecule has 0 aromatic carbocycles. The minimum Gasteiger partial charge on any atom is -0.460 e. The SMILES string of the molecule is CC(=O)OC(C)(C)C1CC2CC1C1C3CCC(C3)C21. The summed E-state index contributed by atoms with van der Waals surface area (Å²) >= 11 is 0. The molecule has 4 aliphatic rings. The fourth-order valence-electron chi connectivity index (χ4n) is 6.81. The van der Waals surface area contributed by atoms with Crippen LogP contribution in [0.2, 0.25) is 0 Å². The average molecular weight is 262 g/mol. The minimum absolute atomic E-state index is 0.114. The van der Waals surface area contributed by atoms with Crippen LogP contribution in [0.25, 0.3) is 0 Å². The van der Waals surface area contributed by atoms with E-state index < -0.39 is 0 Å². The van der Waals surface area contributed by atoms with Crippen molar-refractivity contribution < 1.29 is 9.53 Å². The Morgan fingerprint density at radius 1 is 1.00 bits per heavy atom. The van der Waals surface area contributed by atoms with E-state index in [0.717, 1.165) is 35.5 Å². The Morgan fingerprint density at radius 2 is 1.68 bits per heavy atom. The van der Waals surface area contributed by atoms with E-state index in [0.29, 0.717) is 5.92 Å². The lowest BCUT2D eigenvalue weighted by molar-refractivity contribution is -0.163. The second-order valence-electron chi connectivity index (χ2n) is 8.19. The van der Waals surface area contributed by atoms with Gasteiger partial charge < -0.3 is 4.74 Å². The van der Waals surface area contributed by atoms with E-state index in [2.05, 4.69) is 13.8 Å². The standard InChI is InChI=1S/C17H26O2/c1-9(18)19-17(2,3)14-8-12-7-13(14)16-11-5-4-10(6-11)15(12)16/h10-16H,4-8H2,1-3H3. The predicted molar refractivity (Wildman–Crippen MR) is 73.4 cm³/mol. The van der Waals surface area contributed by atoms with E-state index in [9.17, 15) is 4.79 Å². The first-order valence-corrected chi connectivity index (χ1v) is 8.17. The molecule has 4 aliphatic carbocycles. The van der Waals surface area contributed by atoms with Gasteiger partial charge in [-0.05, 0) is 81.5 Å². The van der Waals surface area contributed by atoms with E-state index in [1.165, 1.54) is 32.1 Å². The Morgan fingerprint density at radius 3 is 2.37 bits per heavy atom. The third-order valence-electron chi connectivity index (χ3n) is 7.03. The van der Waals surface area contributed by atoms with Crippen LogP contribution in [0.5, 0.6) is 0 Å². The maximum Gasteiger partial charge on any atom is 0.303 e. The van der Waals surface area contributed by atoms with Crippen molar-refractivity contribution in [3.63, 3.8) is 0 Å². The van der Waals surface area contributed by atoms with Crippen molar-refractivity contribution in [3.8, 4) is 0 Å². The van der Waals surface area contributed by atoms with Gasteiger partial charge in [0.05, 0.1) is 0 Å². The van der Waals surface area contributed by atoms with Gasteiger partial charge in [-0.15, -0.1) is 0 Å². The molecule has 2 nitrogen and oxygen atoms in total. The average Bonchev–Trinajstić information content (AvgIpc) is 3.05. The Kier molecular flexibility index (Phi) is 2.42. The van der Waals surface area contributed by atoms with Crippen LogP contribution in [0.4, 0.5) is 0 Å². The van der Waals surface area contributed by atoms with Gasteiger partial charge in [-0.2, -0.15) is 0 Å². The van der Waals surface area contributed by atoms with Gasteiger partial charge in [0, 0.05) is 12.8 Å². The zero-order chi connectivity index (χ0) is 13.4. The predicted octanol–water partition coefficient (Wildman–Crippen LogP) is 3.65. The first kappa shape index (κ1) is 12.2. The van der Waals surface area contributed by atoms with Gasteiger partial charge in [-0.3, -0.25) is 4.79 Å². The molecule has 19 heavy (non-hydrogen) atoms. The summed E-state index contributed by atoms with van der Waals surface area (Å²) in [6.45, 7) is 5.83. The number of hydrogen-bond donors (Lipinski definition) is 0. The lowest BCUT2D eigenvalue weighted by Crippen LogP contribution is -2.44. The fraction of sp³-hybridized carbons (Fsp3) is 0.941. The quantitative estimate of drug-likeness (QED) is 0.561. The topological polar surface area (TPSA) is 26.3 Å². The lowest BCUT2D eigenvalue weighted by Gasteiger charge is -2.44. The first-order valence-electron chi connectivity index (χ1n) is 8.17. The van der Waals surface area contributed by atoms with Crippen LogP contribution >= 0.6 is 0 Å². The molecule has 2 heteroatoms. The molecular weight excluding hydrogens is 236 g/mol. The summed E-state index contributed by atoms with van der Waals surface area (Å²) in [5.74, 6) is 6.40. The largest absolute Gasteiger partial charge is 0.460 e. The molecule has 0 saturated heterocycles. The van der Waals surface area contributed by atoms with Crippen LogP contribution in [-0.2, 0) is 9.53 Å². The third kappa shape index (κ3) is 1.58. The number of esters is 1. The molecule has 0 aliphatic heterocycles. The summed E-state index contributed by atoms with van der Waals surface area (Å²) in [5, 5.41) is 0. The van der Waals surface area contributed by atoms with Gasteiger partial charge in [0.1, 0.15) is 5.60 Å². The molecule has 0 N–H and O–H groups in total. The highest BCUT2D eigenvalue weighted by Gasteiger charge is 2.64. The van der Waals surface area contributed by atoms with Crippen molar-refractivity contribution in [1.29, 1.82) is 0 Å². The van der Waals surface area contributed by atoms with Gasteiger partial charge >= 0.3 is 5.97 Å². The van der Waals surface area contributed by atoms with Crippen LogP contribution < -0.4 is 0 Å². The van der Waals surface area contributed by atoms with E-state index in [1.807, 2.05) is 0 Å². The van der Waals surface area contributed by atoms with Crippen LogP contribution in [0.1, 0.15) is 52.9 Å². The third-order valence-corrected chi connectivity index (χ3v) is 7.03. The zero-order valence-electron chi connectivity index (χ0n) is 12.4. The number of carbonyl (C=O) groups excluding carboxylic acids is 1. The summed E-state index contributed by atoms with van der Waals surface area (Å²) in [4.78, 5) is 11.4. The van der Waals surface area contributed by atoms with Gasteiger partial charge in [-0.1, -0.05) is 0 Å². The maximum absolute atomic E-state index is 11.4. The Balaban J connectivity index is 1.58. The molecule has 0 radical (unpaired) electrons. The number of carbonyl (C=O) groups is 1. The minimum atomic E-state index is -0.252. The Labute approximate surface area is 116 Å². The van der Waals surface area contributed by atoms with Gasteiger partial charge in [0.15, 0.2) is 0 Å². The number of rotatable bonds is 2. The molecule has 0 aromatic rings. The summed E-state index contributed by atoms with van der Waals surface area (Å²) < 4.78 is 5.66. The second kappa shape index (κ2) is 3.77. The molecule has 0 aromatic heterocycles. The summed E-state index contributed by atoms with van der Waals surface area (Å²) in [6.07, 6.45) is 7.25. The summed E-state index contributed by atoms with van der Waals surface area (Å²) in [7, 11) is 0. The molecule has 7 atom stereocenters. The molecule has 4 bridgehead atoms. The monoisotopic (exact) mass is 262 g/mol. The van der Waals surface area contributed by atoms with Gasteiger partial charge in [0.25, 0.3) is 0 Å². The molecule has 0 amide bonds. The maximum atomic E-state index is 11.4. The Hall–Kier alpha value is -0.530. The van der Waals surface area contributed by atoms with E-state index in [-0.39, 0.29) is 11.6 Å². The van der Waals surface area contributed by atoms with E-state index >= 15 is 0 Å². The van der Waals surface area contributed by atoms with Crippen LogP contribution in [0.3, 0.4) is 0 Å². The van der Waals surface area contributed by atoms with Crippen molar-refractivity contribution in [3.05, 3.63) is 0 Å². The highest BCUT2D eigenvalue weighted by atomic mass is 16.6. The highest BCUT2D eigenvalue weighted by Crippen LogP contribution is 2.70. The van der Waals surface area contributed by atoms with E-state index in [1.54, 1.807) is 6.92 Å². The lowest BCUT2D eigenvalue weighted by atomic mass is 9.64. The molecule has 0 heterocycles. The van der Waals surface area contributed by atoms with E-state index in [4.69, 9.17) is 4.74 Å². The van der Waals surface area contributed by atoms with Crippen LogP contribution in [-0.4, -0.2) is 11.6 Å². The second-order valence-corrected chi connectivity index (χ2v) is 8.19. The fourth-order valence-corrected chi connectivity index (χ4v) is 6.81. The molecule has 0 spiro atoms. The van der Waals surface area contributed by atoms with Crippen LogP contribution in [0.15, 0.2) is 0 Å². The smallest absolute Gasteiger partial charge is 0.303 e. The Bertz CT molecular complexity index is 413. The summed E-state index contributed by atoms with van der Waals surface area (Å²) in [5.41, 5.74) is -0.252. The molecule has 7 unspecified atom stereocenters. The van der Waals surface area contributed by atoms with Crippen LogP contribution in [0, 0.1) is 41.4 Å². The van der Waals surface area contributed by atoms with Crippen molar-refractivity contribution in [2.45, 2.75) is 58.5 Å². The molecule has 106 valence electrons. The normalized spacial score (nSPS) is 50.6. The van der Waals surface area contributed by atoms with Crippen molar-refractivity contribution in [2.24, 2.45) is 41.4 Å². The number of hydrogen-bond acceptors (Lipinski definition) is 2. The molecule has 4 fully saturated rings. The highest BCUT2D eigenvalue weighted by molar-refractivity contribution is 5.66. The molecular formula is C17H26O2. The molecule has 4 saturated carbocycles. The van der Waals surface area contributed by atoms with Crippen molar-refractivity contribution in [2.75, 3.05) is 0 Å². The zero-order valence-corrected chi connectivity index (χ0v) is 12.4. The van der Waals surface area contributed by atoms with Crippen molar-refractivity contribution >= 4 is 5.97 Å². The molecule has 4 rings (SSSR count). The van der Waals surface area contributed by atoms with Gasteiger partial charge in [0.2, 0.25) is 0 Å². The number of ether oxygens (including phenoxy) is 1. The number of fused-ring (bicyclic) bond motifs is 9. The first-order chi connectivity index (χ1) is 8.97. The summed E-state index contributed by atoms with van der Waals surface area (Å²) in [6, 6.07) is 0. The van der Waals surface area contributed by atoms with Crippen molar-refractivity contribution in [1.82, 2.24) is 0 Å². The van der Waals surface area contributed by atoms with Gasteiger partial charge in [-0.25, -0.2) is 0 Å².